The van der Waals surface area contributed by atoms with E-state index in [2.05, 4.69) is 17.1 Å². The van der Waals surface area contributed by atoms with Crippen molar-refractivity contribution in [3.8, 4) is 0 Å². The van der Waals surface area contributed by atoms with Crippen LogP contribution in [0.4, 0.5) is 5.69 Å². The largest absolute Gasteiger partial charge is 0.351 e. The molecule has 5 nitrogen and oxygen atoms in total. The third kappa shape index (κ3) is 2.90. The van der Waals surface area contributed by atoms with Crippen LogP contribution in [0.2, 0.25) is 0 Å². The Morgan fingerprint density at radius 1 is 1.16 bits per heavy atom. The van der Waals surface area contributed by atoms with Crippen LogP contribution >= 0.6 is 0 Å². The monoisotopic (exact) mass is 341 g/mol. The second-order valence-corrected chi connectivity index (χ2v) is 7.45. The van der Waals surface area contributed by atoms with Gasteiger partial charge in [0.05, 0.1) is 11.3 Å². The Morgan fingerprint density at radius 3 is 2.68 bits per heavy atom. The predicted octanol–water partition coefficient (Wildman–Crippen LogP) is 3.15. The molecule has 1 aromatic carbocycles. The van der Waals surface area contributed by atoms with Gasteiger partial charge in [-0.15, -0.1) is 0 Å². The molecule has 4 rings (SSSR count). The molecule has 134 valence electrons. The summed E-state index contributed by atoms with van der Waals surface area (Å²) in [5, 5.41) is 3.15. The van der Waals surface area contributed by atoms with E-state index in [4.69, 9.17) is 0 Å². The predicted molar refractivity (Wildman–Crippen MR) is 97.9 cm³/mol. The highest BCUT2D eigenvalue weighted by atomic mass is 16.2. The number of piperidine rings is 1. The number of carbonyl (C=O) groups excluding carboxylic acids is 2. The summed E-state index contributed by atoms with van der Waals surface area (Å²) < 4.78 is 0. The minimum Gasteiger partial charge on any atom is -0.351 e. The number of fused-ring (bicyclic) bond motifs is 2. The lowest BCUT2D eigenvalue weighted by molar-refractivity contribution is 0.0582. The minimum absolute atomic E-state index is 0.00993. The van der Waals surface area contributed by atoms with Gasteiger partial charge >= 0.3 is 0 Å². The van der Waals surface area contributed by atoms with Crippen molar-refractivity contribution in [1.82, 2.24) is 10.2 Å². The maximum Gasteiger partial charge on any atom is 0.257 e. The number of nitrogens with one attached hydrogen (secondary N) is 1. The lowest BCUT2D eigenvalue weighted by Gasteiger charge is -2.47. The molecule has 0 spiro atoms. The zero-order chi connectivity index (χ0) is 17.4. The average Bonchev–Trinajstić information content (AvgIpc) is 3.15. The topological polar surface area (TPSA) is 52.7 Å². The summed E-state index contributed by atoms with van der Waals surface area (Å²) in [5.74, 6) is 0.108. The average molecular weight is 341 g/mol. The van der Waals surface area contributed by atoms with Gasteiger partial charge in [-0.05, 0) is 57.2 Å². The molecule has 1 N–H and O–H groups in total. The minimum atomic E-state index is -0.00993. The third-order valence-corrected chi connectivity index (χ3v) is 5.92. The maximum atomic E-state index is 12.9. The number of anilines is 1. The molecular formula is C20H27N3O2. The standard InChI is InChI=1S/C20H27N3O2/c1-2-22-17-13-14(19(24)21-15-7-3-4-8-15)10-11-16(17)20(25)23-12-6-5-9-18(22)23/h10-11,13,15,18H,2-9,12H2,1H3,(H,21,24). The highest BCUT2D eigenvalue weighted by Gasteiger charge is 2.38. The molecule has 2 fully saturated rings. The van der Waals surface area contributed by atoms with Crippen molar-refractivity contribution in [2.45, 2.75) is 64.1 Å². The molecule has 2 heterocycles. The highest BCUT2D eigenvalue weighted by molar-refractivity contribution is 6.04. The van der Waals surface area contributed by atoms with Crippen molar-refractivity contribution in [3.63, 3.8) is 0 Å². The summed E-state index contributed by atoms with van der Waals surface area (Å²) in [6, 6.07) is 5.88. The van der Waals surface area contributed by atoms with Gasteiger partial charge in [0.15, 0.2) is 0 Å². The SMILES string of the molecule is CCN1c2cc(C(=O)NC3CCCC3)ccc2C(=O)N2CCCCC21. The first-order valence-corrected chi connectivity index (χ1v) is 9.71. The molecule has 2 aliphatic heterocycles. The number of hydrogen-bond acceptors (Lipinski definition) is 3. The maximum absolute atomic E-state index is 12.9. The lowest BCUT2D eigenvalue weighted by atomic mass is 9.97. The van der Waals surface area contributed by atoms with E-state index in [0.29, 0.717) is 11.6 Å². The second kappa shape index (κ2) is 6.70. The molecule has 1 unspecified atom stereocenters. The molecule has 25 heavy (non-hydrogen) atoms. The van der Waals surface area contributed by atoms with Crippen LogP contribution in [0, 0.1) is 0 Å². The zero-order valence-corrected chi connectivity index (χ0v) is 15.0. The first-order chi connectivity index (χ1) is 12.2. The van der Waals surface area contributed by atoms with Crippen molar-refractivity contribution in [2.75, 3.05) is 18.0 Å². The van der Waals surface area contributed by atoms with E-state index < -0.39 is 0 Å². The molecule has 1 saturated carbocycles. The summed E-state index contributed by atoms with van der Waals surface area (Å²) in [5.41, 5.74) is 2.33. The van der Waals surface area contributed by atoms with Gasteiger partial charge in [0.25, 0.3) is 11.8 Å². The molecule has 0 radical (unpaired) electrons. The molecule has 1 aliphatic carbocycles. The Labute approximate surface area is 149 Å². The summed E-state index contributed by atoms with van der Waals surface area (Å²) in [6.07, 6.45) is 7.94. The van der Waals surface area contributed by atoms with Crippen molar-refractivity contribution < 1.29 is 9.59 Å². The Morgan fingerprint density at radius 2 is 1.92 bits per heavy atom. The molecule has 1 aromatic rings. The van der Waals surface area contributed by atoms with Crippen LogP contribution in [0.15, 0.2) is 18.2 Å². The van der Waals surface area contributed by atoms with Crippen molar-refractivity contribution in [3.05, 3.63) is 29.3 Å². The van der Waals surface area contributed by atoms with Crippen molar-refractivity contribution >= 4 is 17.5 Å². The van der Waals surface area contributed by atoms with Crippen LogP contribution in [-0.4, -0.2) is 42.0 Å². The quantitative estimate of drug-likeness (QED) is 0.919. The second-order valence-electron chi connectivity index (χ2n) is 7.45. The van der Waals surface area contributed by atoms with E-state index in [-0.39, 0.29) is 18.0 Å². The van der Waals surface area contributed by atoms with E-state index in [1.54, 1.807) is 6.07 Å². The van der Waals surface area contributed by atoms with Crippen LogP contribution < -0.4 is 10.2 Å². The van der Waals surface area contributed by atoms with Crippen LogP contribution in [0.3, 0.4) is 0 Å². The van der Waals surface area contributed by atoms with Crippen LogP contribution in [0.1, 0.15) is 72.6 Å². The van der Waals surface area contributed by atoms with Crippen LogP contribution in [0.25, 0.3) is 0 Å². The number of carbonyl (C=O) groups is 2. The van der Waals surface area contributed by atoms with Gasteiger partial charge in [-0.1, -0.05) is 12.8 Å². The molecule has 1 atom stereocenters. The Kier molecular flexibility index (Phi) is 4.40. The van der Waals surface area contributed by atoms with Crippen molar-refractivity contribution in [1.29, 1.82) is 0 Å². The molecule has 1 saturated heterocycles. The number of amides is 2. The van der Waals surface area contributed by atoms with Crippen molar-refractivity contribution in [2.24, 2.45) is 0 Å². The van der Waals surface area contributed by atoms with Gasteiger partial charge in [-0.2, -0.15) is 0 Å². The third-order valence-electron chi connectivity index (χ3n) is 5.92. The number of hydrogen-bond donors (Lipinski definition) is 1. The summed E-state index contributed by atoms with van der Waals surface area (Å²) in [6.45, 7) is 3.80. The normalized spacial score (nSPS) is 23.4. The summed E-state index contributed by atoms with van der Waals surface area (Å²) >= 11 is 0. The number of benzene rings is 1. The van der Waals surface area contributed by atoms with E-state index in [9.17, 15) is 9.59 Å². The van der Waals surface area contributed by atoms with Gasteiger partial charge in [-0.3, -0.25) is 9.59 Å². The lowest BCUT2D eigenvalue weighted by Crippen LogP contribution is -2.57. The van der Waals surface area contributed by atoms with E-state index in [1.165, 1.54) is 12.8 Å². The molecule has 0 aromatic heterocycles. The molecule has 0 bridgehead atoms. The fraction of sp³-hybridized carbons (Fsp3) is 0.600. The Balaban J connectivity index is 1.64. The first kappa shape index (κ1) is 16.4. The van der Waals surface area contributed by atoms with E-state index in [1.807, 2.05) is 17.0 Å². The fourth-order valence-electron chi connectivity index (χ4n) is 4.60. The Bertz CT molecular complexity index is 682. The molecule has 2 amide bonds. The fourth-order valence-corrected chi connectivity index (χ4v) is 4.60. The molecular weight excluding hydrogens is 314 g/mol. The molecule has 3 aliphatic rings. The Hall–Kier alpha value is -2.04. The van der Waals surface area contributed by atoms with Gasteiger partial charge in [0, 0.05) is 24.7 Å². The van der Waals surface area contributed by atoms with Gasteiger partial charge in [0.2, 0.25) is 0 Å². The highest BCUT2D eigenvalue weighted by Crippen LogP contribution is 2.35. The van der Waals surface area contributed by atoms with Gasteiger partial charge in [-0.25, -0.2) is 0 Å². The van der Waals surface area contributed by atoms with Crippen LogP contribution in [0.5, 0.6) is 0 Å². The smallest absolute Gasteiger partial charge is 0.257 e. The van der Waals surface area contributed by atoms with Gasteiger partial charge in [0.1, 0.15) is 6.17 Å². The number of nitrogens with zero attached hydrogens (tertiary/aromatic N) is 2. The van der Waals surface area contributed by atoms with Gasteiger partial charge < -0.3 is 15.1 Å². The first-order valence-electron chi connectivity index (χ1n) is 9.71. The summed E-state index contributed by atoms with van der Waals surface area (Å²) in [4.78, 5) is 29.8. The number of rotatable bonds is 3. The van der Waals surface area contributed by atoms with Crippen LogP contribution in [-0.2, 0) is 0 Å². The molecule has 5 heteroatoms. The zero-order valence-electron chi connectivity index (χ0n) is 15.0. The van der Waals surface area contributed by atoms with E-state index >= 15 is 0 Å². The van der Waals surface area contributed by atoms with E-state index in [0.717, 1.165) is 56.4 Å². The summed E-state index contributed by atoms with van der Waals surface area (Å²) in [7, 11) is 0.